The van der Waals surface area contributed by atoms with Crippen LogP contribution in [-0.2, 0) is 0 Å². The molecule has 2 aliphatic heterocycles. The van der Waals surface area contributed by atoms with Gasteiger partial charge in [0.05, 0.1) is 0 Å². The van der Waals surface area contributed by atoms with Crippen molar-refractivity contribution in [3.8, 4) is 0 Å². The van der Waals surface area contributed by atoms with Gasteiger partial charge in [-0.3, -0.25) is 4.79 Å². The first-order valence-electron chi connectivity index (χ1n) is 9.60. The number of carbonyl (C=O) groups excluding carboxylic acids is 1. The molecule has 0 bridgehead atoms. The molecule has 0 saturated carbocycles. The number of hydrogen-bond acceptors (Lipinski definition) is 5. The van der Waals surface area contributed by atoms with Gasteiger partial charge in [-0.05, 0) is 37.0 Å². The number of piperazine rings is 1. The summed E-state index contributed by atoms with van der Waals surface area (Å²) in [6, 6.07) is 8.00. The van der Waals surface area contributed by atoms with Crippen LogP contribution < -0.4 is 9.80 Å². The molecule has 1 aromatic carbocycles. The molecular formula is C20H25ClN4OS. The van der Waals surface area contributed by atoms with E-state index in [-0.39, 0.29) is 5.91 Å². The molecule has 1 aromatic heterocycles. The number of carbonyl (C=O) groups is 1. The van der Waals surface area contributed by atoms with Crippen molar-refractivity contribution < 1.29 is 4.79 Å². The Morgan fingerprint density at radius 1 is 1.11 bits per heavy atom. The number of anilines is 2. The van der Waals surface area contributed by atoms with Crippen molar-refractivity contribution in [3.05, 3.63) is 40.4 Å². The highest BCUT2D eigenvalue weighted by Crippen LogP contribution is 2.26. The molecule has 5 nitrogen and oxygen atoms in total. The van der Waals surface area contributed by atoms with Crippen LogP contribution in [0.3, 0.4) is 0 Å². The molecule has 0 unspecified atom stereocenters. The number of piperidine rings is 1. The Kier molecular flexibility index (Phi) is 5.55. The van der Waals surface area contributed by atoms with Crippen LogP contribution in [0.4, 0.5) is 10.8 Å². The minimum Gasteiger partial charge on any atom is -0.368 e. The number of nitrogens with zero attached hydrogens (tertiary/aromatic N) is 4. The van der Waals surface area contributed by atoms with E-state index in [0.29, 0.717) is 5.69 Å². The van der Waals surface area contributed by atoms with Crippen LogP contribution in [-0.4, -0.2) is 55.1 Å². The third-order valence-electron chi connectivity index (χ3n) is 5.51. The van der Waals surface area contributed by atoms with Crippen LogP contribution in [0, 0.1) is 5.92 Å². The van der Waals surface area contributed by atoms with E-state index in [1.165, 1.54) is 0 Å². The number of amides is 1. The quantitative estimate of drug-likeness (QED) is 0.775. The zero-order valence-electron chi connectivity index (χ0n) is 15.6. The second kappa shape index (κ2) is 8.07. The minimum atomic E-state index is 0.0852. The fraction of sp³-hybridized carbons (Fsp3) is 0.500. The fourth-order valence-corrected chi connectivity index (χ4v) is 4.75. The van der Waals surface area contributed by atoms with Gasteiger partial charge in [-0.25, -0.2) is 4.98 Å². The highest BCUT2D eigenvalue weighted by atomic mass is 35.5. The number of aromatic nitrogens is 1. The van der Waals surface area contributed by atoms with Crippen LogP contribution in [0.25, 0.3) is 0 Å². The maximum atomic E-state index is 12.7. The molecule has 0 aliphatic carbocycles. The predicted octanol–water partition coefficient (Wildman–Crippen LogP) is 4.00. The highest BCUT2D eigenvalue weighted by Gasteiger charge is 2.25. The topological polar surface area (TPSA) is 39.7 Å². The van der Waals surface area contributed by atoms with Crippen LogP contribution in [0.1, 0.15) is 30.3 Å². The van der Waals surface area contributed by atoms with Crippen molar-refractivity contribution in [1.82, 2.24) is 9.88 Å². The molecule has 2 aromatic rings. The zero-order chi connectivity index (χ0) is 18.8. The maximum absolute atomic E-state index is 12.7. The second-order valence-electron chi connectivity index (χ2n) is 7.44. The largest absolute Gasteiger partial charge is 0.368 e. The van der Waals surface area contributed by atoms with E-state index in [4.69, 9.17) is 11.6 Å². The highest BCUT2D eigenvalue weighted by molar-refractivity contribution is 7.13. The molecule has 0 atom stereocenters. The Morgan fingerprint density at radius 2 is 1.81 bits per heavy atom. The smallest absolute Gasteiger partial charge is 0.273 e. The van der Waals surface area contributed by atoms with Gasteiger partial charge in [0, 0.05) is 55.4 Å². The van der Waals surface area contributed by atoms with E-state index in [1.54, 1.807) is 11.3 Å². The third kappa shape index (κ3) is 4.22. The fourth-order valence-electron chi connectivity index (χ4n) is 3.71. The Bertz CT molecular complexity index is 795. The Morgan fingerprint density at radius 3 is 2.52 bits per heavy atom. The molecule has 0 radical (unpaired) electrons. The number of benzene rings is 1. The van der Waals surface area contributed by atoms with E-state index in [0.717, 1.165) is 73.9 Å². The average Bonchev–Trinajstić information content (AvgIpc) is 3.18. The van der Waals surface area contributed by atoms with E-state index >= 15 is 0 Å². The summed E-state index contributed by atoms with van der Waals surface area (Å²) in [7, 11) is 0. The minimum absolute atomic E-state index is 0.0852. The number of likely N-dealkylation sites (tertiary alicyclic amines) is 1. The molecule has 2 saturated heterocycles. The van der Waals surface area contributed by atoms with Crippen molar-refractivity contribution in [2.24, 2.45) is 5.92 Å². The summed E-state index contributed by atoms with van der Waals surface area (Å²) >= 11 is 7.69. The average molecular weight is 405 g/mol. The second-order valence-corrected chi connectivity index (χ2v) is 8.72. The standard InChI is InChI=1S/C20H25ClN4OS/c1-15-5-7-24(8-6-15)19(26)18-14-27-20(22-18)25-11-9-23(10-12-25)17-4-2-3-16(21)13-17/h2-4,13-15H,5-12H2,1H3. The van der Waals surface area contributed by atoms with Gasteiger partial charge in [0.15, 0.2) is 5.13 Å². The summed E-state index contributed by atoms with van der Waals surface area (Å²) < 4.78 is 0. The van der Waals surface area contributed by atoms with Gasteiger partial charge < -0.3 is 14.7 Å². The molecule has 2 fully saturated rings. The van der Waals surface area contributed by atoms with Crippen LogP contribution in [0.5, 0.6) is 0 Å². The lowest BCUT2D eigenvalue weighted by molar-refractivity contribution is 0.0692. The Labute approximate surface area is 169 Å². The van der Waals surface area contributed by atoms with Gasteiger partial charge >= 0.3 is 0 Å². The number of halogens is 1. The lowest BCUT2D eigenvalue weighted by atomic mass is 9.99. The van der Waals surface area contributed by atoms with E-state index < -0.39 is 0 Å². The molecule has 1 amide bonds. The Balaban J connectivity index is 1.36. The zero-order valence-corrected chi connectivity index (χ0v) is 17.2. The summed E-state index contributed by atoms with van der Waals surface area (Å²) in [6.07, 6.45) is 2.18. The third-order valence-corrected chi connectivity index (χ3v) is 6.64. The van der Waals surface area contributed by atoms with Crippen molar-refractivity contribution in [3.63, 3.8) is 0 Å². The first-order chi connectivity index (χ1) is 13.1. The molecule has 144 valence electrons. The first kappa shape index (κ1) is 18.6. The number of hydrogen-bond donors (Lipinski definition) is 0. The lowest BCUT2D eigenvalue weighted by Gasteiger charge is -2.36. The van der Waals surface area contributed by atoms with Crippen molar-refractivity contribution in [1.29, 1.82) is 0 Å². The molecule has 0 N–H and O–H groups in total. The summed E-state index contributed by atoms with van der Waals surface area (Å²) in [6.45, 7) is 7.60. The summed E-state index contributed by atoms with van der Waals surface area (Å²) in [5, 5.41) is 3.64. The van der Waals surface area contributed by atoms with E-state index in [9.17, 15) is 4.79 Å². The van der Waals surface area contributed by atoms with E-state index in [2.05, 4.69) is 27.8 Å². The van der Waals surface area contributed by atoms with Gasteiger partial charge in [0.25, 0.3) is 5.91 Å². The molecule has 7 heteroatoms. The molecular weight excluding hydrogens is 380 g/mol. The number of rotatable bonds is 3. The van der Waals surface area contributed by atoms with Crippen LogP contribution in [0.2, 0.25) is 5.02 Å². The van der Waals surface area contributed by atoms with Crippen molar-refractivity contribution >= 4 is 39.7 Å². The lowest BCUT2D eigenvalue weighted by Crippen LogP contribution is -2.46. The molecule has 4 rings (SSSR count). The first-order valence-corrected chi connectivity index (χ1v) is 10.9. The van der Waals surface area contributed by atoms with Gasteiger partial charge in [0.1, 0.15) is 5.69 Å². The normalized spacial score (nSPS) is 18.8. The molecule has 2 aliphatic rings. The van der Waals surface area contributed by atoms with Crippen molar-refractivity contribution in [2.45, 2.75) is 19.8 Å². The maximum Gasteiger partial charge on any atom is 0.273 e. The summed E-state index contributed by atoms with van der Waals surface area (Å²) in [5.41, 5.74) is 1.76. The monoisotopic (exact) mass is 404 g/mol. The van der Waals surface area contributed by atoms with Gasteiger partial charge in [0.2, 0.25) is 0 Å². The summed E-state index contributed by atoms with van der Waals surface area (Å²) in [5.74, 6) is 0.804. The predicted molar refractivity (Wildman–Crippen MR) is 112 cm³/mol. The summed E-state index contributed by atoms with van der Waals surface area (Å²) in [4.78, 5) is 23.9. The van der Waals surface area contributed by atoms with Gasteiger partial charge in [-0.1, -0.05) is 24.6 Å². The van der Waals surface area contributed by atoms with Gasteiger partial charge in [-0.15, -0.1) is 11.3 Å². The molecule has 27 heavy (non-hydrogen) atoms. The Hall–Kier alpha value is -1.79. The number of thiazole rings is 1. The van der Waals surface area contributed by atoms with Crippen LogP contribution >= 0.6 is 22.9 Å². The molecule has 0 spiro atoms. The SMILES string of the molecule is CC1CCN(C(=O)c2csc(N3CCN(c4cccc(Cl)c4)CC3)n2)CC1. The van der Waals surface area contributed by atoms with E-state index in [1.807, 2.05) is 28.5 Å². The molecule has 3 heterocycles. The van der Waals surface area contributed by atoms with Gasteiger partial charge in [-0.2, -0.15) is 0 Å². The van der Waals surface area contributed by atoms with Crippen LogP contribution in [0.15, 0.2) is 29.6 Å². The van der Waals surface area contributed by atoms with Crippen molar-refractivity contribution in [2.75, 3.05) is 49.1 Å².